The zero-order chi connectivity index (χ0) is 9.05. The lowest BCUT2D eigenvalue weighted by Crippen LogP contribution is -2.33. The van der Waals surface area contributed by atoms with Gasteiger partial charge in [0.05, 0.1) is 13.2 Å². The summed E-state index contributed by atoms with van der Waals surface area (Å²) in [5.74, 6) is -0.452. The first-order chi connectivity index (χ1) is 6.16. The largest absolute Gasteiger partial charge is 0.370 e. The van der Waals surface area contributed by atoms with Crippen molar-refractivity contribution in [2.75, 3.05) is 13.2 Å². The fourth-order valence-corrected chi connectivity index (χ4v) is 2.14. The smallest absolute Gasteiger partial charge is 0.164 e. The van der Waals surface area contributed by atoms with Crippen LogP contribution in [0.2, 0.25) is 0 Å². The summed E-state index contributed by atoms with van der Waals surface area (Å²) in [5.41, 5.74) is 0. The zero-order valence-corrected chi connectivity index (χ0v) is 7.86. The van der Waals surface area contributed by atoms with E-state index in [-0.39, 0.29) is 24.4 Å². The summed E-state index contributed by atoms with van der Waals surface area (Å²) in [6.07, 6.45) is 0.506. The molecule has 0 radical (unpaired) electrons. The molecule has 3 aliphatic rings. The third-order valence-electron chi connectivity index (χ3n) is 2.72. The molecule has 0 aromatic rings. The Kier molecular flexibility index (Phi) is 1.54. The first kappa shape index (κ1) is 8.17. The fraction of sp³-hybridized carbons (Fsp3) is 1.00. The molecule has 0 aromatic heterocycles. The second kappa shape index (κ2) is 2.45. The molecule has 3 saturated heterocycles. The maximum Gasteiger partial charge on any atom is 0.164 e. The van der Waals surface area contributed by atoms with Gasteiger partial charge in [0.1, 0.15) is 24.4 Å². The Morgan fingerprint density at radius 1 is 0.923 bits per heavy atom. The van der Waals surface area contributed by atoms with Gasteiger partial charge in [0.25, 0.3) is 0 Å². The van der Waals surface area contributed by atoms with Crippen LogP contribution < -0.4 is 0 Å². The highest BCUT2D eigenvalue weighted by Crippen LogP contribution is 2.38. The van der Waals surface area contributed by atoms with Crippen LogP contribution in [-0.4, -0.2) is 43.4 Å². The zero-order valence-electron chi connectivity index (χ0n) is 7.86. The van der Waals surface area contributed by atoms with E-state index in [0.717, 1.165) is 6.61 Å². The van der Waals surface area contributed by atoms with E-state index in [2.05, 4.69) is 0 Å². The summed E-state index contributed by atoms with van der Waals surface area (Å²) in [6.45, 7) is 5.32. The van der Waals surface area contributed by atoms with Crippen molar-refractivity contribution in [3.8, 4) is 0 Å². The molecule has 13 heavy (non-hydrogen) atoms. The lowest BCUT2D eigenvalue weighted by atomic mass is 10.1. The van der Waals surface area contributed by atoms with Crippen molar-refractivity contribution in [3.05, 3.63) is 0 Å². The highest BCUT2D eigenvalue weighted by Gasteiger charge is 2.55. The van der Waals surface area contributed by atoms with Gasteiger partial charge in [-0.2, -0.15) is 0 Å². The minimum atomic E-state index is -0.452. The monoisotopic (exact) mass is 186 g/mol. The van der Waals surface area contributed by atoms with E-state index in [1.807, 2.05) is 13.8 Å². The summed E-state index contributed by atoms with van der Waals surface area (Å²) in [5, 5.41) is 0. The van der Waals surface area contributed by atoms with E-state index in [4.69, 9.17) is 18.9 Å². The first-order valence-electron chi connectivity index (χ1n) is 4.74. The minimum Gasteiger partial charge on any atom is -0.370 e. The first-order valence-corrected chi connectivity index (χ1v) is 4.74. The number of ether oxygens (including phenoxy) is 4. The lowest BCUT2D eigenvalue weighted by molar-refractivity contribution is -0.176. The predicted molar refractivity (Wildman–Crippen MR) is 43.3 cm³/mol. The third kappa shape index (κ3) is 1.29. The van der Waals surface area contributed by atoms with E-state index < -0.39 is 5.79 Å². The van der Waals surface area contributed by atoms with E-state index in [9.17, 15) is 0 Å². The summed E-state index contributed by atoms with van der Waals surface area (Å²) >= 11 is 0. The van der Waals surface area contributed by atoms with Crippen LogP contribution in [0.25, 0.3) is 0 Å². The maximum absolute atomic E-state index is 5.76. The molecular formula is C9H14O4. The molecule has 4 heteroatoms. The van der Waals surface area contributed by atoms with Gasteiger partial charge in [0.2, 0.25) is 0 Å². The molecule has 4 atom stereocenters. The molecule has 0 unspecified atom stereocenters. The number of hydrogen-bond acceptors (Lipinski definition) is 4. The Balaban J connectivity index is 1.76. The van der Waals surface area contributed by atoms with Crippen molar-refractivity contribution in [1.29, 1.82) is 0 Å². The molecule has 0 saturated carbocycles. The molecule has 3 aliphatic heterocycles. The summed E-state index contributed by atoms with van der Waals surface area (Å²) in [7, 11) is 0. The van der Waals surface area contributed by atoms with E-state index >= 15 is 0 Å². The van der Waals surface area contributed by atoms with E-state index in [1.165, 1.54) is 0 Å². The molecule has 0 spiro atoms. The Bertz CT molecular complexity index is 224. The predicted octanol–water partition coefficient (Wildman–Crippen LogP) is 0.304. The van der Waals surface area contributed by atoms with Crippen LogP contribution in [0.5, 0.6) is 0 Å². The van der Waals surface area contributed by atoms with Gasteiger partial charge in [-0.15, -0.1) is 0 Å². The molecule has 0 bridgehead atoms. The fourth-order valence-electron chi connectivity index (χ4n) is 2.14. The average molecular weight is 186 g/mol. The van der Waals surface area contributed by atoms with Crippen LogP contribution in [0, 0.1) is 0 Å². The molecule has 0 N–H and O–H groups in total. The van der Waals surface area contributed by atoms with Crippen molar-refractivity contribution in [3.63, 3.8) is 0 Å². The average Bonchev–Trinajstić information content (AvgIpc) is 2.72. The van der Waals surface area contributed by atoms with Crippen LogP contribution in [-0.2, 0) is 18.9 Å². The number of fused-ring (bicyclic) bond motifs is 1. The molecule has 0 amide bonds. The standard InChI is InChI=1S/C9H14O4/c1-9(2)12-6-4-11-7(5-3-10-5)8(6)13-9/h5-8H,3-4H2,1-2H3/t5-,6-,7-,8+/m1/s1. The number of epoxide rings is 1. The number of rotatable bonds is 1. The van der Waals surface area contributed by atoms with Gasteiger partial charge in [0.15, 0.2) is 5.79 Å². The second-order valence-electron chi connectivity index (χ2n) is 4.31. The van der Waals surface area contributed by atoms with Crippen LogP contribution >= 0.6 is 0 Å². The molecule has 3 fully saturated rings. The van der Waals surface area contributed by atoms with Gasteiger partial charge in [-0.05, 0) is 13.8 Å². The summed E-state index contributed by atoms with van der Waals surface area (Å²) in [4.78, 5) is 0. The van der Waals surface area contributed by atoms with Gasteiger partial charge < -0.3 is 18.9 Å². The van der Waals surface area contributed by atoms with Gasteiger partial charge in [-0.25, -0.2) is 0 Å². The van der Waals surface area contributed by atoms with Crippen molar-refractivity contribution in [2.24, 2.45) is 0 Å². The van der Waals surface area contributed by atoms with Crippen molar-refractivity contribution in [1.82, 2.24) is 0 Å². The Hall–Kier alpha value is -0.160. The highest BCUT2D eigenvalue weighted by atomic mass is 16.8. The van der Waals surface area contributed by atoms with E-state index in [1.54, 1.807) is 0 Å². The maximum atomic E-state index is 5.76. The molecule has 3 rings (SSSR count). The number of hydrogen-bond donors (Lipinski definition) is 0. The normalized spacial score (nSPS) is 52.2. The van der Waals surface area contributed by atoms with Gasteiger partial charge in [-0.3, -0.25) is 0 Å². The van der Waals surface area contributed by atoms with Crippen molar-refractivity contribution in [2.45, 2.75) is 44.1 Å². The quantitative estimate of drug-likeness (QED) is 0.552. The van der Waals surface area contributed by atoms with Crippen molar-refractivity contribution >= 4 is 0 Å². The van der Waals surface area contributed by atoms with Crippen LogP contribution in [0.1, 0.15) is 13.8 Å². The Morgan fingerprint density at radius 2 is 1.69 bits per heavy atom. The van der Waals surface area contributed by atoms with E-state index in [0.29, 0.717) is 6.61 Å². The third-order valence-corrected chi connectivity index (χ3v) is 2.72. The molecule has 4 nitrogen and oxygen atoms in total. The SMILES string of the molecule is CC1(C)O[C@@H]2[C@@H]([C@H]3CO3)OC[C@H]2O1. The van der Waals surface area contributed by atoms with Gasteiger partial charge in [-0.1, -0.05) is 0 Å². The second-order valence-corrected chi connectivity index (χ2v) is 4.31. The molecule has 0 aliphatic carbocycles. The van der Waals surface area contributed by atoms with Crippen LogP contribution in [0.15, 0.2) is 0 Å². The Morgan fingerprint density at radius 3 is 2.38 bits per heavy atom. The molecular weight excluding hydrogens is 172 g/mol. The van der Waals surface area contributed by atoms with Crippen molar-refractivity contribution < 1.29 is 18.9 Å². The van der Waals surface area contributed by atoms with Gasteiger partial charge >= 0.3 is 0 Å². The molecule has 3 heterocycles. The Labute approximate surface area is 77.1 Å². The summed E-state index contributed by atoms with van der Waals surface area (Å²) < 4.78 is 22.2. The topological polar surface area (TPSA) is 40.2 Å². The van der Waals surface area contributed by atoms with Crippen LogP contribution in [0.4, 0.5) is 0 Å². The molecule has 74 valence electrons. The highest BCUT2D eigenvalue weighted by molar-refractivity contribution is 4.98. The molecule has 0 aromatic carbocycles. The lowest BCUT2D eigenvalue weighted by Gasteiger charge is -2.20. The minimum absolute atomic E-state index is 0.0718. The van der Waals surface area contributed by atoms with Crippen LogP contribution in [0.3, 0.4) is 0 Å². The van der Waals surface area contributed by atoms with Gasteiger partial charge in [0, 0.05) is 0 Å². The summed E-state index contributed by atoms with van der Waals surface area (Å²) in [6, 6.07) is 0.